The van der Waals surface area contributed by atoms with E-state index in [1.165, 1.54) is 6.20 Å². The number of aromatic nitrogens is 1. The maximum Gasteiger partial charge on any atom is 0.252 e. The fraction of sp³-hybridized carbons (Fsp3) is 0.500. The molecule has 0 bridgehead atoms. The van der Waals surface area contributed by atoms with Crippen molar-refractivity contribution in [3.8, 4) is 0 Å². The van der Waals surface area contributed by atoms with Crippen molar-refractivity contribution in [2.75, 3.05) is 12.3 Å². The lowest BCUT2D eigenvalue weighted by Crippen LogP contribution is -2.27. The molecule has 0 unspecified atom stereocenters. The normalized spacial score (nSPS) is 11.2. The molecular formula is C12H19N3O. The Kier molecular flexibility index (Phi) is 3.88. The highest BCUT2D eigenvalue weighted by Crippen LogP contribution is 2.17. The smallest absolute Gasteiger partial charge is 0.252 e. The van der Waals surface area contributed by atoms with Crippen LogP contribution in [0.25, 0.3) is 0 Å². The van der Waals surface area contributed by atoms with E-state index in [-0.39, 0.29) is 11.3 Å². The van der Waals surface area contributed by atoms with Gasteiger partial charge >= 0.3 is 0 Å². The highest BCUT2D eigenvalue weighted by atomic mass is 16.1. The minimum Gasteiger partial charge on any atom is -0.384 e. The van der Waals surface area contributed by atoms with Gasteiger partial charge in [0.1, 0.15) is 5.82 Å². The number of hydrogen-bond acceptors (Lipinski definition) is 3. The second-order valence-corrected chi connectivity index (χ2v) is 5.04. The molecule has 0 aliphatic carbocycles. The first-order valence-electron chi connectivity index (χ1n) is 5.38. The lowest BCUT2D eigenvalue weighted by molar-refractivity contribution is 0.0949. The lowest BCUT2D eigenvalue weighted by Gasteiger charge is -2.17. The molecule has 0 spiro atoms. The maximum absolute atomic E-state index is 11.6. The number of nitrogens with one attached hydrogen (secondary N) is 1. The molecule has 0 saturated heterocycles. The molecule has 0 atom stereocenters. The van der Waals surface area contributed by atoms with Crippen molar-refractivity contribution in [3.05, 3.63) is 23.9 Å². The SMILES string of the molecule is CC(C)(C)CCNC(=O)c1ccc(N)nc1. The monoisotopic (exact) mass is 221 g/mol. The van der Waals surface area contributed by atoms with Crippen LogP contribution >= 0.6 is 0 Å². The molecule has 0 fully saturated rings. The minimum atomic E-state index is -0.100. The van der Waals surface area contributed by atoms with E-state index >= 15 is 0 Å². The van der Waals surface area contributed by atoms with E-state index in [9.17, 15) is 4.79 Å². The molecule has 4 nitrogen and oxygen atoms in total. The number of amides is 1. The summed E-state index contributed by atoms with van der Waals surface area (Å²) in [5.41, 5.74) is 6.21. The third-order valence-corrected chi connectivity index (χ3v) is 2.21. The van der Waals surface area contributed by atoms with Crippen LogP contribution in [0, 0.1) is 5.41 Å². The Morgan fingerprint density at radius 2 is 2.12 bits per heavy atom. The van der Waals surface area contributed by atoms with Crippen LogP contribution in [-0.2, 0) is 0 Å². The maximum atomic E-state index is 11.6. The summed E-state index contributed by atoms with van der Waals surface area (Å²) in [6, 6.07) is 3.30. The molecule has 16 heavy (non-hydrogen) atoms. The standard InChI is InChI=1S/C12H19N3O/c1-12(2,3)6-7-14-11(16)9-4-5-10(13)15-8-9/h4-5,8H,6-7H2,1-3H3,(H2,13,15)(H,14,16). The third kappa shape index (κ3) is 4.29. The molecule has 1 aromatic heterocycles. The van der Waals surface area contributed by atoms with Gasteiger partial charge in [-0.15, -0.1) is 0 Å². The van der Waals surface area contributed by atoms with E-state index in [1.807, 2.05) is 0 Å². The molecule has 1 rings (SSSR count). The topological polar surface area (TPSA) is 68.0 Å². The molecule has 0 radical (unpaired) electrons. The number of anilines is 1. The summed E-state index contributed by atoms with van der Waals surface area (Å²) in [5.74, 6) is 0.322. The molecule has 4 heteroatoms. The van der Waals surface area contributed by atoms with E-state index in [0.29, 0.717) is 17.9 Å². The van der Waals surface area contributed by atoms with Crippen LogP contribution < -0.4 is 11.1 Å². The van der Waals surface area contributed by atoms with Crippen LogP contribution in [-0.4, -0.2) is 17.4 Å². The van der Waals surface area contributed by atoms with E-state index < -0.39 is 0 Å². The fourth-order valence-corrected chi connectivity index (χ4v) is 1.19. The predicted molar refractivity (Wildman–Crippen MR) is 65.1 cm³/mol. The number of nitrogen functional groups attached to an aromatic ring is 1. The van der Waals surface area contributed by atoms with Crippen molar-refractivity contribution in [3.63, 3.8) is 0 Å². The Morgan fingerprint density at radius 1 is 1.44 bits per heavy atom. The van der Waals surface area contributed by atoms with Crippen molar-refractivity contribution >= 4 is 11.7 Å². The average Bonchev–Trinajstić information content (AvgIpc) is 2.16. The molecule has 3 N–H and O–H groups in total. The predicted octanol–water partition coefficient (Wildman–Crippen LogP) is 1.83. The van der Waals surface area contributed by atoms with Gasteiger partial charge in [0.15, 0.2) is 0 Å². The number of nitrogens with two attached hydrogens (primary N) is 1. The molecular weight excluding hydrogens is 202 g/mol. The van der Waals surface area contributed by atoms with Gasteiger partial charge in [0.05, 0.1) is 5.56 Å². The van der Waals surface area contributed by atoms with Gasteiger partial charge in [-0.05, 0) is 24.0 Å². The molecule has 1 amide bonds. The van der Waals surface area contributed by atoms with Gasteiger partial charge < -0.3 is 11.1 Å². The zero-order valence-corrected chi connectivity index (χ0v) is 10.1. The molecule has 0 saturated carbocycles. The highest BCUT2D eigenvalue weighted by Gasteiger charge is 2.11. The van der Waals surface area contributed by atoms with E-state index in [0.717, 1.165) is 6.42 Å². The van der Waals surface area contributed by atoms with Crippen LogP contribution in [0.15, 0.2) is 18.3 Å². The number of carbonyl (C=O) groups excluding carboxylic acids is 1. The summed E-state index contributed by atoms with van der Waals surface area (Å²) < 4.78 is 0. The van der Waals surface area contributed by atoms with E-state index in [2.05, 4.69) is 31.1 Å². The highest BCUT2D eigenvalue weighted by molar-refractivity contribution is 5.93. The lowest BCUT2D eigenvalue weighted by atomic mass is 9.92. The Morgan fingerprint density at radius 3 is 2.62 bits per heavy atom. The Labute approximate surface area is 96.3 Å². The number of carbonyl (C=O) groups is 1. The Bertz CT molecular complexity index is 352. The second kappa shape index (κ2) is 4.96. The van der Waals surface area contributed by atoms with Crippen molar-refractivity contribution in [2.45, 2.75) is 27.2 Å². The Hall–Kier alpha value is -1.58. The van der Waals surface area contributed by atoms with Gasteiger partial charge in [0.25, 0.3) is 5.91 Å². The van der Waals surface area contributed by atoms with E-state index in [4.69, 9.17) is 5.73 Å². The molecule has 88 valence electrons. The van der Waals surface area contributed by atoms with Crippen LogP contribution in [0.4, 0.5) is 5.82 Å². The zero-order chi connectivity index (χ0) is 12.2. The largest absolute Gasteiger partial charge is 0.384 e. The van der Waals surface area contributed by atoms with Gasteiger partial charge in [-0.2, -0.15) is 0 Å². The summed E-state index contributed by atoms with van der Waals surface area (Å²) in [6.45, 7) is 7.10. The van der Waals surface area contributed by atoms with Gasteiger partial charge in [0.2, 0.25) is 0 Å². The first kappa shape index (κ1) is 12.5. The van der Waals surface area contributed by atoms with Gasteiger partial charge in [0, 0.05) is 12.7 Å². The van der Waals surface area contributed by atoms with Crippen molar-refractivity contribution in [2.24, 2.45) is 5.41 Å². The van der Waals surface area contributed by atoms with E-state index in [1.54, 1.807) is 12.1 Å². The number of rotatable bonds is 3. The summed E-state index contributed by atoms with van der Waals surface area (Å²) in [5, 5.41) is 2.86. The summed E-state index contributed by atoms with van der Waals surface area (Å²) in [4.78, 5) is 15.5. The zero-order valence-electron chi connectivity index (χ0n) is 10.1. The van der Waals surface area contributed by atoms with Crippen molar-refractivity contribution in [1.82, 2.24) is 10.3 Å². The van der Waals surface area contributed by atoms with Crippen LogP contribution in [0.1, 0.15) is 37.6 Å². The van der Waals surface area contributed by atoms with Crippen LogP contribution in [0.3, 0.4) is 0 Å². The number of pyridine rings is 1. The number of nitrogens with zero attached hydrogens (tertiary/aromatic N) is 1. The summed E-state index contributed by atoms with van der Waals surface area (Å²) >= 11 is 0. The van der Waals surface area contributed by atoms with Gasteiger partial charge in [-0.1, -0.05) is 20.8 Å². The molecule has 0 aliphatic rings. The minimum absolute atomic E-state index is 0.100. The quantitative estimate of drug-likeness (QED) is 0.818. The fourth-order valence-electron chi connectivity index (χ4n) is 1.19. The average molecular weight is 221 g/mol. The van der Waals surface area contributed by atoms with Gasteiger partial charge in [-0.3, -0.25) is 4.79 Å². The molecule has 1 aromatic rings. The molecule has 0 aliphatic heterocycles. The van der Waals surface area contributed by atoms with Gasteiger partial charge in [-0.25, -0.2) is 4.98 Å². The summed E-state index contributed by atoms with van der Waals surface area (Å²) in [6.07, 6.45) is 2.43. The Balaban J connectivity index is 2.44. The summed E-state index contributed by atoms with van der Waals surface area (Å²) in [7, 11) is 0. The second-order valence-electron chi connectivity index (χ2n) is 5.04. The molecule has 1 heterocycles. The number of hydrogen-bond donors (Lipinski definition) is 2. The van der Waals surface area contributed by atoms with Crippen molar-refractivity contribution < 1.29 is 4.79 Å². The van der Waals surface area contributed by atoms with Crippen LogP contribution in [0.2, 0.25) is 0 Å². The van der Waals surface area contributed by atoms with Crippen molar-refractivity contribution in [1.29, 1.82) is 0 Å². The first-order chi connectivity index (χ1) is 7.38. The molecule has 0 aromatic carbocycles. The van der Waals surface area contributed by atoms with Crippen LogP contribution in [0.5, 0.6) is 0 Å². The first-order valence-corrected chi connectivity index (χ1v) is 5.38. The third-order valence-electron chi connectivity index (χ3n) is 2.21.